The summed E-state index contributed by atoms with van der Waals surface area (Å²) in [5, 5.41) is 2.90. The second kappa shape index (κ2) is 8.96. The number of benzene rings is 1. The molecule has 27 heavy (non-hydrogen) atoms. The van der Waals surface area contributed by atoms with E-state index in [4.69, 9.17) is 9.47 Å². The molecule has 0 radical (unpaired) electrons. The number of carbonyl (C=O) groups excluding carboxylic acids is 2. The number of nitrogens with zero attached hydrogens (tertiary/aromatic N) is 2. The lowest BCUT2D eigenvalue weighted by molar-refractivity contribution is 0.0526. The number of amides is 1. The summed E-state index contributed by atoms with van der Waals surface area (Å²) in [4.78, 5) is 30.9. The van der Waals surface area contributed by atoms with E-state index in [9.17, 15) is 9.59 Å². The molecule has 1 N–H and O–H groups in total. The van der Waals surface area contributed by atoms with Gasteiger partial charge in [-0.25, -0.2) is 4.79 Å². The molecule has 8 heteroatoms. The molecular weight excluding hydrogens is 414 g/mol. The summed E-state index contributed by atoms with van der Waals surface area (Å²) in [6.45, 7) is 4.68. The van der Waals surface area contributed by atoms with Gasteiger partial charge in [-0.3, -0.25) is 9.78 Å². The molecule has 7 nitrogen and oxygen atoms in total. The Morgan fingerprint density at radius 1 is 1.22 bits per heavy atom. The summed E-state index contributed by atoms with van der Waals surface area (Å²) in [5.74, 6) is -0.732. The Bertz CT molecular complexity index is 837. The van der Waals surface area contributed by atoms with Crippen LogP contribution in [0.2, 0.25) is 0 Å². The lowest BCUT2D eigenvalue weighted by atomic mass is 10.1. The maximum Gasteiger partial charge on any atom is 0.338 e. The standard InChI is InChI=1S/C19H20BrN3O4/c1-2-27-19(25)13-3-4-17(23-5-7-26-8-6-23)16(10-13)22-18(24)14-9-15(20)12-21-11-14/h3-4,9-12H,2,5-8H2,1H3,(H,22,24). The minimum Gasteiger partial charge on any atom is -0.462 e. The summed E-state index contributed by atoms with van der Waals surface area (Å²) in [6.07, 6.45) is 3.10. The van der Waals surface area contributed by atoms with E-state index in [1.165, 1.54) is 6.20 Å². The summed E-state index contributed by atoms with van der Waals surface area (Å²) in [7, 11) is 0. The molecule has 1 fully saturated rings. The Morgan fingerprint density at radius 2 is 2.00 bits per heavy atom. The molecule has 1 aliphatic rings. The van der Waals surface area contributed by atoms with Crippen molar-refractivity contribution in [3.8, 4) is 0 Å². The number of anilines is 2. The Hall–Kier alpha value is -2.45. The summed E-state index contributed by atoms with van der Waals surface area (Å²) >= 11 is 3.32. The summed E-state index contributed by atoms with van der Waals surface area (Å²) in [6, 6.07) is 6.86. The van der Waals surface area contributed by atoms with E-state index >= 15 is 0 Å². The second-order valence-corrected chi connectivity index (χ2v) is 6.81. The van der Waals surface area contributed by atoms with Gasteiger partial charge in [-0.05, 0) is 47.1 Å². The first-order valence-corrected chi connectivity index (χ1v) is 9.43. The molecule has 2 heterocycles. The highest BCUT2D eigenvalue weighted by Crippen LogP contribution is 2.29. The predicted molar refractivity (Wildman–Crippen MR) is 105 cm³/mol. The average Bonchev–Trinajstić information content (AvgIpc) is 2.69. The van der Waals surface area contributed by atoms with Crippen molar-refractivity contribution in [2.45, 2.75) is 6.92 Å². The number of ether oxygens (including phenoxy) is 2. The molecule has 0 bridgehead atoms. The number of hydrogen-bond donors (Lipinski definition) is 1. The number of nitrogens with one attached hydrogen (secondary N) is 1. The minimum atomic E-state index is -0.425. The lowest BCUT2D eigenvalue weighted by Crippen LogP contribution is -2.36. The fourth-order valence-corrected chi connectivity index (χ4v) is 3.15. The number of pyridine rings is 1. The normalized spacial score (nSPS) is 13.9. The van der Waals surface area contributed by atoms with Crippen molar-refractivity contribution < 1.29 is 19.1 Å². The molecule has 1 amide bonds. The Morgan fingerprint density at radius 3 is 2.70 bits per heavy atom. The highest BCUT2D eigenvalue weighted by atomic mass is 79.9. The number of halogens is 1. The van der Waals surface area contributed by atoms with E-state index in [0.717, 1.165) is 5.69 Å². The fraction of sp³-hybridized carbons (Fsp3) is 0.316. The molecule has 0 saturated carbocycles. The highest BCUT2D eigenvalue weighted by molar-refractivity contribution is 9.10. The van der Waals surface area contributed by atoms with E-state index in [1.54, 1.807) is 31.3 Å². The van der Waals surface area contributed by atoms with E-state index < -0.39 is 5.97 Å². The number of morpholine rings is 1. The number of aromatic nitrogens is 1. The van der Waals surface area contributed by atoms with Gasteiger partial charge in [0, 0.05) is 30.0 Å². The van der Waals surface area contributed by atoms with Crippen molar-refractivity contribution in [3.05, 3.63) is 52.3 Å². The molecular formula is C19H20BrN3O4. The molecule has 0 spiro atoms. The van der Waals surface area contributed by atoms with Crippen LogP contribution in [0.5, 0.6) is 0 Å². The second-order valence-electron chi connectivity index (χ2n) is 5.90. The molecule has 142 valence electrons. The van der Waals surface area contributed by atoms with Crippen molar-refractivity contribution >= 4 is 39.2 Å². The van der Waals surface area contributed by atoms with Crippen LogP contribution in [-0.2, 0) is 9.47 Å². The first-order valence-electron chi connectivity index (χ1n) is 8.64. The third kappa shape index (κ3) is 4.84. The molecule has 1 aliphatic heterocycles. The van der Waals surface area contributed by atoms with Gasteiger partial charge in [-0.1, -0.05) is 0 Å². The Kier molecular flexibility index (Phi) is 6.41. The molecule has 1 aromatic carbocycles. The van der Waals surface area contributed by atoms with Crippen LogP contribution >= 0.6 is 15.9 Å². The number of carbonyl (C=O) groups is 2. The highest BCUT2D eigenvalue weighted by Gasteiger charge is 2.19. The van der Waals surface area contributed by atoms with Gasteiger partial charge in [-0.15, -0.1) is 0 Å². The molecule has 2 aromatic rings. The van der Waals surface area contributed by atoms with Crippen LogP contribution in [0.3, 0.4) is 0 Å². The van der Waals surface area contributed by atoms with Gasteiger partial charge in [0.05, 0.1) is 42.3 Å². The SMILES string of the molecule is CCOC(=O)c1ccc(N2CCOCC2)c(NC(=O)c2cncc(Br)c2)c1. The largest absolute Gasteiger partial charge is 0.462 e. The lowest BCUT2D eigenvalue weighted by Gasteiger charge is -2.30. The average molecular weight is 434 g/mol. The quantitative estimate of drug-likeness (QED) is 0.729. The summed E-state index contributed by atoms with van der Waals surface area (Å²) < 4.78 is 11.2. The first-order chi connectivity index (χ1) is 13.1. The number of rotatable bonds is 5. The third-order valence-electron chi connectivity index (χ3n) is 4.07. The van der Waals surface area contributed by atoms with Crippen LogP contribution in [0, 0.1) is 0 Å². The van der Waals surface area contributed by atoms with E-state index in [0.29, 0.717) is 47.6 Å². The monoisotopic (exact) mass is 433 g/mol. The number of hydrogen-bond acceptors (Lipinski definition) is 6. The Balaban J connectivity index is 1.92. The van der Waals surface area contributed by atoms with E-state index in [1.807, 2.05) is 6.07 Å². The van der Waals surface area contributed by atoms with Crippen LogP contribution in [0.25, 0.3) is 0 Å². The molecule has 1 saturated heterocycles. The van der Waals surface area contributed by atoms with Gasteiger partial charge in [0.1, 0.15) is 0 Å². The van der Waals surface area contributed by atoms with Gasteiger partial charge in [0.2, 0.25) is 0 Å². The van der Waals surface area contributed by atoms with Crippen molar-refractivity contribution in [1.82, 2.24) is 4.98 Å². The molecule has 3 rings (SSSR count). The Labute approximate surface area is 165 Å². The number of esters is 1. The maximum atomic E-state index is 12.7. The van der Waals surface area contributed by atoms with Crippen LogP contribution < -0.4 is 10.2 Å². The van der Waals surface area contributed by atoms with Crippen LogP contribution in [0.4, 0.5) is 11.4 Å². The zero-order valence-electron chi connectivity index (χ0n) is 14.9. The van der Waals surface area contributed by atoms with Crippen LogP contribution in [0.15, 0.2) is 41.1 Å². The minimum absolute atomic E-state index is 0.287. The summed E-state index contributed by atoms with van der Waals surface area (Å²) in [5.41, 5.74) is 2.19. The third-order valence-corrected chi connectivity index (χ3v) is 4.51. The van der Waals surface area contributed by atoms with Gasteiger partial charge >= 0.3 is 5.97 Å². The van der Waals surface area contributed by atoms with Gasteiger partial charge in [0.25, 0.3) is 5.91 Å². The predicted octanol–water partition coefficient (Wildman–Crippen LogP) is 3.11. The molecule has 0 atom stereocenters. The maximum absolute atomic E-state index is 12.7. The zero-order valence-corrected chi connectivity index (χ0v) is 16.5. The smallest absolute Gasteiger partial charge is 0.338 e. The van der Waals surface area contributed by atoms with Gasteiger partial charge < -0.3 is 19.7 Å². The van der Waals surface area contributed by atoms with Crippen LogP contribution in [-0.4, -0.2) is 49.8 Å². The first kappa shape index (κ1) is 19.3. The molecule has 0 aliphatic carbocycles. The van der Waals surface area contributed by atoms with Gasteiger partial charge in [0.15, 0.2) is 0 Å². The van der Waals surface area contributed by atoms with Gasteiger partial charge in [-0.2, -0.15) is 0 Å². The molecule has 1 aromatic heterocycles. The van der Waals surface area contributed by atoms with E-state index in [-0.39, 0.29) is 12.5 Å². The molecule has 0 unspecified atom stereocenters. The van der Waals surface area contributed by atoms with E-state index in [2.05, 4.69) is 31.1 Å². The topological polar surface area (TPSA) is 80.8 Å². The zero-order chi connectivity index (χ0) is 19.2. The van der Waals surface area contributed by atoms with Crippen molar-refractivity contribution in [2.24, 2.45) is 0 Å². The van der Waals surface area contributed by atoms with Crippen molar-refractivity contribution in [2.75, 3.05) is 43.1 Å². The van der Waals surface area contributed by atoms with Crippen molar-refractivity contribution in [1.29, 1.82) is 0 Å². The van der Waals surface area contributed by atoms with Crippen LogP contribution in [0.1, 0.15) is 27.6 Å². The fourth-order valence-electron chi connectivity index (χ4n) is 2.79. The van der Waals surface area contributed by atoms with Crippen molar-refractivity contribution in [3.63, 3.8) is 0 Å².